The largest absolute Gasteiger partial charge is 0.508 e. The monoisotopic (exact) mass is 416 g/mol. The van der Waals surface area contributed by atoms with Gasteiger partial charge in [-0.3, -0.25) is 4.79 Å². The highest BCUT2D eigenvalue weighted by molar-refractivity contribution is 5.91. The number of fused-ring (bicyclic) bond motifs is 5. The molecule has 4 heteroatoms. The molecule has 4 aliphatic carbocycles. The number of hydrogen-bond acceptors (Lipinski definition) is 4. The molecular weight excluding hydrogens is 376 g/mol. The van der Waals surface area contributed by atoms with E-state index in [1.54, 1.807) is 0 Å². The van der Waals surface area contributed by atoms with E-state index < -0.39 is 6.16 Å². The van der Waals surface area contributed by atoms with Crippen LogP contribution in [0.2, 0.25) is 0 Å². The van der Waals surface area contributed by atoms with Gasteiger partial charge in [-0.2, -0.15) is 0 Å². The topological polar surface area (TPSA) is 52.6 Å². The summed E-state index contributed by atoms with van der Waals surface area (Å²) in [6, 6.07) is 0. The van der Waals surface area contributed by atoms with Crippen molar-refractivity contribution in [3.05, 3.63) is 11.6 Å². The predicted octanol–water partition coefficient (Wildman–Crippen LogP) is 6.48. The Morgan fingerprint density at radius 3 is 2.67 bits per heavy atom. The van der Waals surface area contributed by atoms with E-state index >= 15 is 0 Å². The van der Waals surface area contributed by atoms with Crippen molar-refractivity contribution >= 4 is 11.9 Å². The third kappa shape index (κ3) is 3.52. The smallest absolute Gasteiger partial charge is 0.434 e. The summed E-state index contributed by atoms with van der Waals surface area (Å²) in [5.74, 6) is 2.90. The van der Waals surface area contributed by atoms with Gasteiger partial charge in [-0.15, -0.1) is 0 Å². The van der Waals surface area contributed by atoms with E-state index in [-0.39, 0.29) is 16.9 Å². The maximum atomic E-state index is 12.3. The number of allylic oxidation sites excluding steroid dienone is 1. The normalized spacial score (nSPS) is 42.6. The van der Waals surface area contributed by atoms with Crippen molar-refractivity contribution in [2.45, 2.75) is 98.0 Å². The van der Waals surface area contributed by atoms with Crippen LogP contribution >= 0.6 is 0 Å². The minimum Gasteiger partial charge on any atom is -0.434 e. The molecule has 3 fully saturated rings. The van der Waals surface area contributed by atoms with Gasteiger partial charge in [0.1, 0.15) is 6.10 Å². The van der Waals surface area contributed by atoms with Gasteiger partial charge in [-0.05, 0) is 80.1 Å². The maximum Gasteiger partial charge on any atom is 0.508 e. The number of hydrogen-bond donors (Lipinski definition) is 0. The second-order valence-electron chi connectivity index (χ2n) is 10.9. The van der Waals surface area contributed by atoms with Crippen LogP contribution in [0, 0.1) is 34.5 Å². The zero-order chi connectivity index (χ0) is 21.5. The molecule has 0 aromatic heterocycles. The minimum absolute atomic E-state index is 0.0206. The van der Waals surface area contributed by atoms with Gasteiger partial charge in [0, 0.05) is 11.8 Å². The lowest BCUT2D eigenvalue weighted by atomic mass is 9.44. The molecule has 0 bridgehead atoms. The number of carbonyl (C=O) groups is 2. The van der Waals surface area contributed by atoms with Crippen molar-refractivity contribution < 1.29 is 19.1 Å². The molecule has 0 radical (unpaired) electrons. The fourth-order valence-electron chi connectivity index (χ4n) is 7.72. The van der Waals surface area contributed by atoms with E-state index in [4.69, 9.17) is 9.47 Å². The third-order valence-electron chi connectivity index (χ3n) is 9.53. The molecule has 0 aliphatic heterocycles. The SMILES string of the molecule is CCCCOC(=O)O[C@H]1CCC2C3C(CC[C@@]21C)[C@@]1(C)CCC(=O)C=C1C[C@@H]3CC. The lowest BCUT2D eigenvalue weighted by Crippen LogP contribution is -2.54. The molecule has 0 N–H and O–H groups in total. The van der Waals surface area contributed by atoms with E-state index in [0.717, 1.165) is 44.9 Å². The fraction of sp³-hybridized carbons (Fsp3) is 0.846. The number of rotatable bonds is 5. The highest BCUT2D eigenvalue weighted by atomic mass is 16.7. The Morgan fingerprint density at radius 2 is 1.93 bits per heavy atom. The van der Waals surface area contributed by atoms with Crippen LogP contribution in [-0.2, 0) is 14.3 Å². The van der Waals surface area contributed by atoms with Crippen molar-refractivity contribution in [2.24, 2.45) is 34.5 Å². The lowest BCUT2D eigenvalue weighted by molar-refractivity contribution is -0.121. The second kappa shape index (κ2) is 8.31. The van der Waals surface area contributed by atoms with Gasteiger partial charge in [0.25, 0.3) is 0 Å². The van der Waals surface area contributed by atoms with Crippen molar-refractivity contribution in [3.63, 3.8) is 0 Å². The maximum absolute atomic E-state index is 12.3. The average molecular weight is 417 g/mol. The zero-order valence-corrected chi connectivity index (χ0v) is 19.4. The van der Waals surface area contributed by atoms with Crippen LogP contribution in [0.15, 0.2) is 11.6 Å². The molecule has 4 nitrogen and oxygen atoms in total. The molecular formula is C26H40O4. The quantitative estimate of drug-likeness (QED) is 0.380. The summed E-state index contributed by atoms with van der Waals surface area (Å²) in [5.41, 5.74) is 1.67. The van der Waals surface area contributed by atoms with Gasteiger partial charge < -0.3 is 9.47 Å². The highest BCUT2D eigenvalue weighted by Gasteiger charge is 2.62. The Hall–Kier alpha value is -1.32. The summed E-state index contributed by atoms with van der Waals surface area (Å²) < 4.78 is 11.2. The molecule has 0 saturated heterocycles. The molecule has 0 aromatic carbocycles. The van der Waals surface area contributed by atoms with Gasteiger partial charge in [0.15, 0.2) is 5.78 Å². The standard InChI is InChI=1S/C26H40O4/c1-5-7-14-29-24(28)30-22-9-8-20-23-17(6-2)15-18-16-19(27)10-12-25(18,3)21(23)11-13-26(20,22)4/h16-17,20-23H,5-15H2,1-4H3/t17-,20?,21?,22-,23?,25-,26-/m0/s1. The van der Waals surface area contributed by atoms with E-state index in [9.17, 15) is 9.59 Å². The molecule has 168 valence electrons. The van der Waals surface area contributed by atoms with Crippen LogP contribution in [0.25, 0.3) is 0 Å². The van der Waals surface area contributed by atoms with Gasteiger partial charge in [-0.25, -0.2) is 4.79 Å². The lowest BCUT2D eigenvalue weighted by Gasteiger charge is -2.60. The molecule has 0 amide bonds. The summed E-state index contributed by atoms with van der Waals surface area (Å²) >= 11 is 0. The molecule has 7 atom stereocenters. The Bertz CT molecular complexity index is 712. The predicted molar refractivity (Wildman–Crippen MR) is 117 cm³/mol. The average Bonchev–Trinajstić information content (AvgIpc) is 3.04. The molecule has 30 heavy (non-hydrogen) atoms. The molecule has 4 aliphatic rings. The molecule has 0 aromatic rings. The van der Waals surface area contributed by atoms with E-state index in [1.165, 1.54) is 18.4 Å². The summed E-state index contributed by atoms with van der Waals surface area (Å²) in [4.78, 5) is 24.4. The number of ketones is 1. The van der Waals surface area contributed by atoms with Crippen LogP contribution in [0.1, 0.15) is 91.9 Å². The van der Waals surface area contributed by atoms with Crippen molar-refractivity contribution in [1.29, 1.82) is 0 Å². The Morgan fingerprint density at radius 1 is 1.13 bits per heavy atom. The first kappa shape index (κ1) is 21.9. The first-order chi connectivity index (χ1) is 14.3. The van der Waals surface area contributed by atoms with Crippen LogP contribution < -0.4 is 0 Å². The van der Waals surface area contributed by atoms with Gasteiger partial charge in [-0.1, -0.05) is 46.1 Å². The summed E-state index contributed by atoms with van der Waals surface area (Å²) in [7, 11) is 0. The van der Waals surface area contributed by atoms with Crippen LogP contribution in [-0.4, -0.2) is 24.6 Å². The minimum atomic E-state index is -0.476. The summed E-state index contributed by atoms with van der Waals surface area (Å²) in [6.07, 6.45) is 11.8. The first-order valence-corrected chi connectivity index (χ1v) is 12.4. The number of unbranched alkanes of at least 4 members (excludes halogenated alkanes) is 1. The molecule has 4 rings (SSSR count). The highest BCUT2D eigenvalue weighted by Crippen LogP contribution is 2.67. The molecule has 3 unspecified atom stereocenters. The number of carbonyl (C=O) groups excluding carboxylic acids is 2. The molecule has 0 spiro atoms. The summed E-state index contributed by atoms with van der Waals surface area (Å²) in [5, 5.41) is 0. The van der Waals surface area contributed by atoms with E-state index in [2.05, 4.69) is 27.7 Å². The zero-order valence-electron chi connectivity index (χ0n) is 19.4. The first-order valence-electron chi connectivity index (χ1n) is 12.4. The van der Waals surface area contributed by atoms with Crippen LogP contribution in [0.5, 0.6) is 0 Å². The van der Waals surface area contributed by atoms with E-state index in [0.29, 0.717) is 42.5 Å². The summed E-state index contributed by atoms with van der Waals surface area (Å²) in [6.45, 7) is 9.67. The molecule has 3 saturated carbocycles. The fourth-order valence-corrected chi connectivity index (χ4v) is 7.72. The Labute approximate surface area is 182 Å². The second-order valence-corrected chi connectivity index (χ2v) is 10.9. The van der Waals surface area contributed by atoms with Crippen molar-refractivity contribution in [3.8, 4) is 0 Å². The van der Waals surface area contributed by atoms with Gasteiger partial charge >= 0.3 is 6.16 Å². The van der Waals surface area contributed by atoms with Gasteiger partial charge in [0.05, 0.1) is 6.61 Å². The van der Waals surface area contributed by atoms with E-state index in [1.807, 2.05) is 6.08 Å². The Kier molecular flexibility index (Phi) is 6.07. The number of ether oxygens (including phenoxy) is 2. The van der Waals surface area contributed by atoms with Crippen LogP contribution in [0.3, 0.4) is 0 Å². The van der Waals surface area contributed by atoms with Crippen LogP contribution in [0.4, 0.5) is 4.79 Å². The van der Waals surface area contributed by atoms with Gasteiger partial charge in [0.2, 0.25) is 0 Å². The third-order valence-corrected chi connectivity index (χ3v) is 9.53. The molecule has 0 heterocycles. The Balaban J connectivity index is 1.54. The van der Waals surface area contributed by atoms with Crippen molar-refractivity contribution in [1.82, 2.24) is 0 Å². The van der Waals surface area contributed by atoms with Crippen molar-refractivity contribution in [2.75, 3.05) is 6.61 Å².